The number of esters is 3. The molecule has 1 atom stereocenters. The molecular weight excluding hydrogens is 805 g/mol. The zero-order chi connectivity index (χ0) is 47.2. The van der Waals surface area contributed by atoms with Crippen molar-refractivity contribution in [3.05, 3.63) is 146 Å². The Balaban J connectivity index is 4.62. The number of carbonyl (C=O) groups is 3. The summed E-state index contributed by atoms with van der Waals surface area (Å²) in [4.78, 5) is 37.9. The van der Waals surface area contributed by atoms with Gasteiger partial charge in [-0.25, -0.2) is 0 Å². The fourth-order valence-electron chi connectivity index (χ4n) is 6.07. The van der Waals surface area contributed by atoms with E-state index in [1.807, 2.05) is 12.2 Å². The molecule has 362 valence electrons. The van der Waals surface area contributed by atoms with Crippen LogP contribution in [0.3, 0.4) is 0 Å². The second kappa shape index (κ2) is 51.9. The van der Waals surface area contributed by atoms with Gasteiger partial charge in [0, 0.05) is 19.3 Å². The first-order chi connectivity index (χ1) is 32.0. The molecule has 0 fully saturated rings. The first kappa shape index (κ1) is 60.3. The van der Waals surface area contributed by atoms with E-state index < -0.39 is 12.1 Å². The Labute approximate surface area is 397 Å². The summed E-state index contributed by atoms with van der Waals surface area (Å²) in [5, 5.41) is 0. The van der Waals surface area contributed by atoms with Crippen LogP contribution in [0, 0.1) is 0 Å². The third-order valence-corrected chi connectivity index (χ3v) is 9.82. The standard InChI is InChI=1S/C59H90O6/c1-4-7-10-13-16-19-22-24-26-28-29-31-32-34-37-40-43-46-49-52-58(61)64-55-56(54-63-57(60)51-48-45-42-39-36-21-18-15-12-9-6-3)65-59(62)53-50-47-44-41-38-35-33-30-27-25-23-20-17-14-11-8-5-2/h7-8,10-11,15-20,24-27,29,31,33-35,37,41,43-44,46,56H,4-6,9,12-14,21-23,28,30,32,36,38-40,42,45,47-55H2,1-3H3/b10-7-,11-8-,18-15-,19-16-,20-17-,26-24-,27-25-,31-29-,35-33-,37-34-,44-41-,46-43-/t56-/m0/s1. The maximum absolute atomic E-state index is 12.8. The van der Waals surface area contributed by atoms with E-state index in [4.69, 9.17) is 14.2 Å². The molecule has 0 aliphatic carbocycles. The Hall–Kier alpha value is -4.71. The first-order valence-corrected chi connectivity index (χ1v) is 25.3. The van der Waals surface area contributed by atoms with Crippen molar-refractivity contribution >= 4 is 17.9 Å². The number of hydrogen-bond acceptors (Lipinski definition) is 6. The van der Waals surface area contributed by atoms with Crippen molar-refractivity contribution in [3.63, 3.8) is 0 Å². The van der Waals surface area contributed by atoms with Crippen molar-refractivity contribution in [1.29, 1.82) is 0 Å². The van der Waals surface area contributed by atoms with Gasteiger partial charge in [0.2, 0.25) is 0 Å². The van der Waals surface area contributed by atoms with E-state index in [1.54, 1.807) is 0 Å². The topological polar surface area (TPSA) is 78.9 Å². The van der Waals surface area contributed by atoms with E-state index in [2.05, 4.69) is 154 Å². The summed E-state index contributed by atoms with van der Waals surface area (Å²) in [6.07, 6.45) is 74.2. The second-order valence-corrected chi connectivity index (χ2v) is 16.0. The summed E-state index contributed by atoms with van der Waals surface area (Å²) in [6, 6.07) is 0. The lowest BCUT2D eigenvalue weighted by molar-refractivity contribution is -0.166. The SMILES string of the molecule is CC/C=C\C/C=C\C/C=C\C/C=C\C/C=C\C/C=C\CCC(=O)OC[C@H](COC(=O)CCCCCCC/C=C\CCCC)OC(=O)CCC/C=C\C/C=C\C/C=C\C/C=C\C/C=C\CC. The number of allylic oxidation sites excluding steroid dienone is 24. The van der Waals surface area contributed by atoms with E-state index >= 15 is 0 Å². The normalized spacial score (nSPS) is 13.3. The summed E-state index contributed by atoms with van der Waals surface area (Å²) >= 11 is 0. The van der Waals surface area contributed by atoms with Crippen molar-refractivity contribution in [3.8, 4) is 0 Å². The molecule has 0 aliphatic heterocycles. The van der Waals surface area contributed by atoms with Gasteiger partial charge in [-0.15, -0.1) is 0 Å². The van der Waals surface area contributed by atoms with Gasteiger partial charge in [0.15, 0.2) is 6.10 Å². The van der Waals surface area contributed by atoms with Crippen LogP contribution in [0.4, 0.5) is 0 Å². The Morgan fingerprint density at radius 2 is 0.646 bits per heavy atom. The maximum Gasteiger partial charge on any atom is 0.306 e. The van der Waals surface area contributed by atoms with E-state index in [-0.39, 0.29) is 38.0 Å². The van der Waals surface area contributed by atoms with E-state index in [0.717, 1.165) is 116 Å². The minimum Gasteiger partial charge on any atom is -0.462 e. The predicted octanol–water partition coefficient (Wildman–Crippen LogP) is 16.9. The number of unbranched alkanes of at least 4 members (excludes halogenated alkanes) is 8. The molecular formula is C59H90O6. The van der Waals surface area contributed by atoms with Crippen molar-refractivity contribution in [1.82, 2.24) is 0 Å². The molecule has 0 rings (SSSR count). The van der Waals surface area contributed by atoms with Crippen LogP contribution in [0.2, 0.25) is 0 Å². The lowest BCUT2D eigenvalue weighted by Crippen LogP contribution is -2.30. The molecule has 0 unspecified atom stereocenters. The summed E-state index contributed by atoms with van der Waals surface area (Å²) in [6.45, 7) is 6.22. The smallest absolute Gasteiger partial charge is 0.306 e. The first-order valence-electron chi connectivity index (χ1n) is 25.3. The minimum atomic E-state index is -0.847. The van der Waals surface area contributed by atoms with Crippen molar-refractivity contribution in [2.75, 3.05) is 13.2 Å². The van der Waals surface area contributed by atoms with Crippen LogP contribution in [0.15, 0.2) is 146 Å². The molecule has 0 aliphatic rings. The van der Waals surface area contributed by atoms with Crippen LogP contribution in [-0.4, -0.2) is 37.2 Å². The van der Waals surface area contributed by atoms with Gasteiger partial charge in [-0.1, -0.05) is 199 Å². The quantitative estimate of drug-likeness (QED) is 0.0263. The highest BCUT2D eigenvalue weighted by Crippen LogP contribution is 2.11. The second-order valence-electron chi connectivity index (χ2n) is 16.0. The molecule has 0 aromatic rings. The molecule has 0 aromatic heterocycles. The van der Waals surface area contributed by atoms with Gasteiger partial charge in [-0.05, 0) is 116 Å². The van der Waals surface area contributed by atoms with Gasteiger partial charge in [0.25, 0.3) is 0 Å². The monoisotopic (exact) mass is 895 g/mol. The predicted molar refractivity (Wildman–Crippen MR) is 279 cm³/mol. The summed E-state index contributed by atoms with van der Waals surface area (Å²) in [7, 11) is 0. The average molecular weight is 895 g/mol. The maximum atomic E-state index is 12.8. The van der Waals surface area contributed by atoms with Gasteiger partial charge >= 0.3 is 17.9 Å². The summed E-state index contributed by atoms with van der Waals surface area (Å²) < 4.78 is 16.6. The van der Waals surface area contributed by atoms with E-state index in [1.165, 1.54) is 19.3 Å². The lowest BCUT2D eigenvalue weighted by Gasteiger charge is -2.18. The Kier molecular flexibility index (Phi) is 48.2. The molecule has 0 aromatic carbocycles. The van der Waals surface area contributed by atoms with E-state index in [0.29, 0.717) is 19.3 Å². The van der Waals surface area contributed by atoms with Crippen molar-refractivity contribution < 1.29 is 28.6 Å². The van der Waals surface area contributed by atoms with Crippen LogP contribution in [-0.2, 0) is 28.6 Å². The van der Waals surface area contributed by atoms with Crippen molar-refractivity contribution in [2.24, 2.45) is 0 Å². The highest BCUT2D eigenvalue weighted by molar-refractivity contribution is 5.71. The summed E-state index contributed by atoms with van der Waals surface area (Å²) in [5.41, 5.74) is 0. The zero-order valence-corrected chi connectivity index (χ0v) is 41.2. The molecule has 0 radical (unpaired) electrons. The molecule has 0 N–H and O–H groups in total. The van der Waals surface area contributed by atoms with E-state index in [9.17, 15) is 14.4 Å². The van der Waals surface area contributed by atoms with Gasteiger partial charge in [0.05, 0.1) is 0 Å². The molecule has 0 saturated carbocycles. The summed E-state index contributed by atoms with van der Waals surface area (Å²) in [5.74, 6) is -1.10. The van der Waals surface area contributed by atoms with Crippen LogP contribution in [0.5, 0.6) is 0 Å². The fourth-order valence-corrected chi connectivity index (χ4v) is 6.07. The number of rotatable bonds is 43. The lowest BCUT2D eigenvalue weighted by atomic mass is 10.1. The molecule has 0 spiro atoms. The number of carbonyl (C=O) groups excluding carboxylic acids is 3. The molecule has 0 heterocycles. The van der Waals surface area contributed by atoms with Crippen LogP contribution in [0.1, 0.15) is 188 Å². The largest absolute Gasteiger partial charge is 0.462 e. The minimum absolute atomic E-state index is 0.135. The number of ether oxygens (including phenoxy) is 3. The van der Waals surface area contributed by atoms with Gasteiger partial charge in [0.1, 0.15) is 13.2 Å². The van der Waals surface area contributed by atoms with Crippen LogP contribution in [0.25, 0.3) is 0 Å². The zero-order valence-electron chi connectivity index (χ0n) is 41.2. The Bertz CT molecular complexity index is 1490. The molecule has 65 heavy (non-hydrogen) atoms. The Morgan fingerprint density at radius 1 is 0.323 bits per heavy atom. The fraction of sp³-hybridized carbons (Fsp3) is 0.542. The molecule has 0 amide bonds. The Morgan fingerprint density at radius 3 is 1.09 bits per heavy atom. The number of hydrogen-bond donors (Lipinski definition) is 0. The highest BCUT2D eigenvalue weighted by Gasteiger charge is 2.19. The van der Waals surface area contributed by atoms with Crippen LogP contribution >= 0.6 is 0 Å². The molecule has 6 heteroatoms. The average Bonchev–Trinajstić information content (AvgIpc) is 3.30. The van der Waals surface area contributed by atoms with Gasteiger partial charge < -0.3 is 14.2 Å². The molecule has 0 saturated heterocycles. The van der Waals surface area contributed by atoms with Gasteiger partial charge in [-0.2, -0.15) is 0 Å². The molecule has 0 bridgehead atoms. The van der Waals surface area contributed by atoms with Gasteiger partial charge in [-0.3, -0.25) is 14.4 Å². The molecule has 6 nitrogen and oxygen atoms in total. The highest BCUT2D eigenvalue weighted by atomic mass is 16.6. The van der Waals surface area contributed by atoms with Crippen LogP contribution < -0.4 is 0 Å². The third-order valence-electron chi connectivity index (χ3n) is 9.82. The third kappa shape index (κ3) is 50.2. The van der Waals surface area contributed by atoms with Crippen molar-refractivity contribution in [2.45, 2.75) is 194 Å².